The van der Waals surface area contributed by atoms with E-state index in [9.17, 15) is 74.2 Å². The van der Waals surface area contributed by atoms with Crippen molar-refractivity contribution in [1.29, 1.82) is 0 Å². The number of halogens is 2. The lowest BCUT2D eigenvalue weighted by Crippen LogP contribution is -2.59. The summed E-state index contributed by atoms with van der Waals surface area (Å²) in [6, 6.07) is -0.467. The highest BCUT2D eigenvalue weighted by atomic mass is 35.5. The summed E-state index contributed by atoms with van der Waals surface area (Å²) in [5, 5.41) is 96.7. The van der Waals surface area contributed by atoms with Crippen molar-refractivity contribution in [3.63, 3.8) is 0 Å². The first-order valence-corrected chi connectivity index (χ1v) is 25.5. The molecule has 9 atom stereocenters. The van der Waals surface area contributed by atoms with Crippen molar-refractivity contribution in [2.45, 2.75) is 81.2 Å². The van der Waals surface area contributed by atoms with Crippen LogP contribution in [0.5, 0.6) is 46.0 Å². The van der Waals surface area contributed by atoms with Gasteiger partial charge in [-0.1, -0.05) is 55.2 Å². The van der Waals surface area contributed by atoms with E-state index in [0.717, 1.165) is 65.7 Å². The standard InChI is InChI=1S/C53H51Cl2N9O18/c1-19(2)10-30(64(3)63-80)48(73)61-42-44(69)21-5-8-33(27(54)12-21)81-35-14-23-15-36(46(35)71)82-34-9-6-22(13-28(34)55)45(70)43-52(77)60-41(53(78)79)26-16-24(65)17-32(67)38(26)25-11-20(4-7-31(25)66)39(49(74)62-43)59-50(75)40(23)58-47(72)29(18-37(56)68)57-51(42)76/h4-9,11-17,19,29-30,39-45,65-67,69-71H,10,18H2,1-3H3,(H2,56,68)(H,57,76)(H,58,72)(H,59,75)(H,60,77)(H,61,73)(H,62,74)(H,78,79)/t29-,30+,39+,40+,41+,42+,43-,44+,45+/m0/s1. The van der Waals surface area contributed by atoms with Gasteiger partial charge in [-0.2, -0.15) is 0 Å². The number of carboxylic acids is 1. The number of aromatic hydroxyl groups is 4. The number of rotatable bonds is 9. The van der Waals surface area contributed by atoms with Crippen LogP contribution in [0.2, 0.25) is 10.0 Å². The van der Waals surface area contributed by atoms with Gasteiger partial charge in [0.25, 0.3) is 0 Å². The van der Waals surface area contributed by atoms with Crippen LogP contribution in [0.25, 0.3) is 11.1 Å². The van der Waals surface area contributed by atoms with Crippen molar-refractivity contribution in [2.75, 3.05) is 7.05 Å². The molecule has 0 saturated heterocycles. The van der Waals surface area contributed by atoms with Gasteiger partial charge in [0.05, 0.1) is 21.8 Å². The van der Waals surface area contributed by atoms with E-state index >= 15 is 4.79 Å². The number of nitrogens with one attached hydrogen (secondary N) is 6. The number of nitroso groups, excluding NO2 is 1. The van der Waals surface area contributed by atoms with Gasteiger partial charge in [0, 0.05) is 29.8 Å². The molecule has 5 aromatic rings. The number of carboxylic acid groups (broad SMARTS) is 1. The molecule has 430 valence electrons. The second-order valence-corrected chi connectivity index (χ2v) is 20.5. The van der Waals surface area contributed by atoms with Crippen molar-refractivity contribution in [2.24, 2.45) is 16.9 Å². The van der Waals surface area contributed by atoms with E-state index in [2.05, 4.69) is 37.2 Å². The predicted octanol–water partition coefficient (Wildman–Crippen LogP) is 2.79. The minimum atomic E-state index is -2.21. The van der Waals surface area contributed by atoms with Gasteiger partial charge in [-0.05, 0) is 89.2 Å². The maximum atomic E-state index is 15.4. The normalized spacial score (nSPS) is 22.1. The number of carbonyl (C=O) groups excluding carboxylic acids is 7. The first kappa shape index (κ1) is 58.7. The zero-order chi connectivity index (χ0) is 59.8. The molecule has 0 fully saturated rings. The highest BCUT2D eigenvalue weighted by Crippen LogP contribution is 2.47. The third-order valence-corrected chi connectivity index (χ3v) is 14.1. The molecular formula is C53H51Cl2N9O18. The lowest BCUT2D eigenvalue weighted by Gasteiger charge is -2.31. The SMILES string of the molecule is CC(C)C[C@H](C(=O)N[C@H]1C(=O)N[C@@H](CC(N)=O)C(=O)N[C@H]2C(=O)N[C@H]3C(=O)N[C@H](C(=O)N[C@@H](C(=O)O)c4cc(O)cc(O)c4-c4cc3ccc4O)[C@H](O)c3ccc(c(Cl)c3)Oc3cc2cc(c3O)Oc2ccc(cc2Cl)[C@H]1O)N(C)N=O. The zero-order valence-electron chi connectivity index (χ0n) is 43.0. The summed E-state index contributed by atoms with van der Waals surface area (Å²) in [5.41, 5.74) is 3.11. The molecule has 27 nitrogen and oxygen atoms in total. The average molecular weight is 1170 g/mol. The maximum absolute atomic E-state index is 15.4. The molecule has 0 radical (unpaired) electrons. The van der Waals surface area contributed by atoms with Crippen LogP contribution >= 0.6 is 23.2 Å². The quantitative estimate of drug-likeness (QED) is 0.0745. The molecule has 0 aromatic heterocycles. The van der Waals surface area contributed by atoms with Crippen LogP contribution in [0.3, 0.4) is 0 Å². The van der Waals surface area contributed by atoms with Gasteiger partial charge in [0.15, 0.2) is 17.5 Å². The van der Waals surface area contributed by atoms with Crippen LogP contribution in [-0.4, -0.2) is 119 Å². The molecule has 5 aliphatic heterocycles. The van der Waals surface area contributed by atoms with Gasteiger partial charge in [-0.15, -0.1) is 4.91 Å². The summed E-state index contributed by atoms with van der Waals surface area (Å²) in [6.45, 7) is 3.46. The second kappa shape index (κ2) is 23.7. The van der Waals surface area contributed by atoms with Gasteiger partial charge in [0.2, 0.25) is 47.1 Å². The Morgan fingerprint density at radius 1 is 0.683 bits per heavy atom. The van der Waals surface area contributed by atoms with E-state index in [1.165, 1.54) is 25.2 Å². The van der Waals surface area contributed by atoms with E-state index in [1.807, 2.05) is 0 Å². The van der Waals surface area contributed by atoms with Gasteiger partial charge >= 0.3 is 5.97 Å². The van der Waals surface area contributed by atoms with E-state index in [4.69, 9.17) is 38.4 Å². The number of phenolic OH excluding ortho intramolecular Hbond substituents is 4. The number of fused-ring (bicyclic) bond motifs is 15. The molecule has 7 amide bonds. The smallest absolute Gasteiger partial charge is 0.330 e. The largest absolute Gasteiger partial charge is 0.508 e. The number of likely N-dealkylation sites (N-methyl/N-ethyl adjacent to an activating group) is 1. The fraction of sp³-hybridized carbons (Fsp3) is 0.283. The number of amides is 7. The minimum absolute atomic E-state index is 0.00996. The van der Waals surface area contributed by atoms with Crippen LogP contribution in [0.1, 0.15) is 84.8 Å². The molecule has 5 heterocycles. The molecule has 82 heavy (non-hydrogen) atoms. The van der Waals surface area contributed by atoms with Gasteiger partial charge in [0.1, 0.15) is 77.2 Å². The number of aliphatic carboxylic acids is 1. The highest BCUT2D eigenvalue weighted by molar-refractivity contribution is 6.32. The first-order chi connectivity index (χ1) is 38.7. The third-order valence-electron chi connectivity index (χ3n) is 13.5. The molecule has 5 aromatic carbocycles. The highest BCUT2D eigenvalue weighted by Gasteiger charge is 2.42. The number of ether oxygens (including phenoxy) is 2. The Bertz CT molecular complexity index is 3480. The Balaban J connectivity index is 1.36. The lowest BCUT2D eigenvalue weighted by molar-refractivity contribution is -0.143. The number of carbonyl (C=O) groups is 8. The van der Waals surface area contributed by atoms with Gasteiger partial charge in [-0.25, -0.2) is 4.79 Å². The molecule has 0 unspecified atom stereocenters. The summed E-state index contributed by atoms with van der Waals surface area (Å²) in [6.07, 6.45) is -5.21. The minimum Gasteiger partial charge on any atom is -0.508 e. The Labute approximate surface area is 473 Å². The number of phenols is 4. The number of hydrogen-bond donors (Lipinski definition) is 14. The molecule has 0 saturated carbocycles. The van der Waals surface area contributed by atoms with Crippen LogP contribution in [0, 0.1) is 10.8 Å². The Kier molecular flexibility index (Phi) is 17.0. The third kappa shape index (κ3) is 12.2. The Morgan fingerprint density at radius 3 is 1.83 bits per heavy atom. The number of aliphatic hydroxyl groups is 2. The van der Waals surface area contributed by atoms with Crippen LogP contribution in [0.15, 0.2) is 84.1 Å². The molecule has 10 rings (SSSR count). The van der Waals surface area contributed by atoms with E-state index in [1.54, 1.807) is 13.8 Å². The number of nitrogens with zero attached hydrogens (tertiary/aromatic N) is 2. The number of benzene rings is 5. The average Bonchev–Trinajstić information content (AvgIpc) is 2.74. The van der Waals surface area contributed by atoms with Crippen molar-refractivity contribution >= 4 is 70.5 Å². The molecule has 0 aliphatic carbocycles. The van der Waals surface area contributed by atoms with Crippen molar-refractivity contribution in [3.8, 4) is 57.1 Å². The molecule has 0 spiro atoms. The number of hydrogen-bond acceptors (Lipinski definition) is 18. The van der Waals surface area contributed by atoms with E-state index in [-0.39, 0.29) is 56.1 Å². The second-order valence-electron chi connectivity index (χ2n) is 19.7. The van der Waals surface area contributed by atoms with Crippen LogP contribution in [0.4, 0.5) is 0 Å². The number of aliphatic hydroxyl groups excluding tert-OH is 2. The van der Waals surface area contributed by atoms with Gasteiger partial charge in [-0.3, -0.25) is 38.6 Å². The van der Waals surface area contributed by atoms with Gasteiger partial charge < -0.3 is 82.9 Å². The number of nitrogens with two attached hydrogens (primary N) is 1. The summed E-state index contributed by atoms with van der Waals surface area (Å²) in [5.74, 6) is -15.8. The maximum Gasteiger partial charge on any atom is 0.330 e. The van der Waals surface area contributed by atoms with Crippen LogP contribution in [-0.2, 0) is 38.4 Å². The first-order valence-electron chi connectivity index (χ1n) is 24.7. The van der Waals surface area contributed by atoms with Crippen molar-refractivity contribution in [3.05, 3.63) is 122 Å². The fourth-order valence-corrected chi connectivity index (χ4v) is 9.90. The molecule has 5 aliphatic rings. The Morgan fingerprint density at radius 2 is 1.26 bits per heavy atom. The predicted molar refractivity (Wildman–Crippen MR) is 285 cm³/mol. The summed E-state index contributed by atoms with van der Waals surface area (Å²) >= 11 is 13.5. The number of primary amides is 1. The fourth-order valence-electron chi connectivity index (χ4n) is 9.44. The Hall–Kier alpha value is -9.44. The molecule has 11 bridgehead atoms. The molecular weight excluding hydrogens is 1120 g/mol. The lowest BCUT2D eigenvalue weighted by atomic mass is 9.89. The summed E-state index contributed by atoms with van der Waals surface area (Å²) in [4.78, 5) is 126. The van der Waals surface area contributed by atoms with E-state index in [0.29, 0.717) is 0 Å². The summed E-state index contributed by atoms with van der Waals surface area (Å²) in [7, 11) is 1.20. The topological polar surface area (TPSA) is 428 Å². The molecule has 29 heteroatoms. The van der Waals surface area contributed by atoms with Crippen LogP contribution < -0.4 is 47.1 Å². The van der Waals surface area contributed by atoms with E-state index < -0.39 is 159 Å². The molecule has 15 N–H and O–H groups in total. The monoisotopic (exact) mass is 1170 g/mol. The van der Waals surface area contributed by atoms with Crippen molar-refractivity contribution in [1.82, 2.24) is 36.9 Å². The zero-order valence-corrected chi connectivity index (χ0v) is 44.6. The summed E-state index contributed by atoms with van der Waals surface area (Å²) < 4.78 is 12.2. The van der Waals surface area contributed by atoms with Crippen molar-refractivity contribution < 1.29 is 83.6 Å².